The van der Waals surface area contributed by atoms with Gasteiger partial charge in [0.15, 0.2) is 6.23 Å². The third kappa shape index (κ3) is 3.38. The highest BCUT2D eigenvalue weighted by atomic mass is 35.5. The molecule has 130 valence electrons. The molecule has 0 aromatic rings. The molecule has 6 nitrogen and oxygen atoms in total. The van der Waals surface area contributed by atoms with Gasteiger partial charge in [0, 0.05) is 0 Å². The van der Waals surface area contributed by atoms with Crippen LogP contribution in [-0.2, 0) is 14.3 Å². The van der Waals surface area contributed by atoms with E-state index in [4.69, 9.17) is 34.4 Å². The number of carbonyl (C=O) groups excluding carboxylic acids is 3. The van der Waals surface area contributed by atoms with Crippen LogP contribution in [0, 0.1) is 29.6 Å². The van der Waals surface area contributed by atoms with Crippen LogP contribution in [0.4, 0.5) is 4.79 Å². The summed E-state index contributed by atoms with van der Waals surface area (Å²) in [6.07, 6.45) is 5.65. The average molecular weight is 373 g/mol. The van der Waals surface area contributed by atoms with Crippen LogP contribution in [0.15, 0.2) is 10.6 Å². The van der Waals surface area contributed by atoms with Crippen LogP contribution in [0.2, 0.25) is 0 Å². The molecule has 0 bridgehead atoms. The van der Waals surface area contributed by atoms with Gasteiger partial charge in [-0.1, -0.05) is 37.0 Å². The Morgan fingerprint density at radius 2 is 2.12 bits per heavy atom. The molecule has 0 aromatic heterocycles. The highest BCUT2D eigenvalue weighted by Gasteiger charge is 2.62. The molecule has 0 radical (unpaired) electrons. The van der Waals surface area contributed by atoms with Crippen LogP contribution < -0.4 is 5.32 Å². The number of nitrogens with one attached hydrogen (secondary N) is 1. The highest BCUT2D eigenvalue weighted by molar-refractivity contribution is 6.55. The fourth-order valence-electron chi connectivity index (χ4n) is 2.97. The lowest BCUT2D eigenvalue weighted by Crippen LogP contribution is -2.43. The lowest BCUT2D eigenvalue weighted by molar-refractivity contribution is -0.161. The van der Waals surface area contributed by atoms with Gasteiger partial charge in [0.1, 0.15) is 10.5 Å². The Morgan fingerprint density at radius 1 is 1.50 bits per heavy atom. The molecular weight excluding hydrogens is 355 g/mol. The van der Waals surface area contributed by atoms with Crippen molar-refractivity contribution in [3.8, 4) is 12.3 Å². The van der Waals surface area contributed by atoms with Crippen LogP contribution >= 0.6 is 23.2 Å². The van der Waals surface area contributed by atoms with E-state index < -0.39 is 36.1 Å². The number of hydrogen-bond donors (Lipinski definition) is 1. The minimum absolute atomic E-state index is 0.0754. The molecule has 1 aliphatic heterocycles. The maximum atomic E-state index is 12.5. The molecule has 4 unspecified atom stereocenters. The summed E-state index contributed by atoms with van der Waals surface area (Å²) < 4.78 is 5.46. The number of carbonyl (C=O) groups is 3. The van der Waals surface area contributed by atoms with Gasteiger partial charge in [-0.05, 0) is 24.3 Å². The van der Waals surface area contributed by atoms with Crippen molar-refractivity contribution < 1.29 is 19.1 Å². The highest BCUT2D eigenvalue weighted by Crippen LogP contribution is 2.60. The Hall–Kier alpha value is -1.71. The van der Waals surface area contributed by atoms with Crippen molar-refractivity contribution in [1.82, 2.24) is 10.2 Å². The maximum Gasteiger partial charge on any atom is 0.327 e. The van der Waals surface area contributed by atoms with Crippen LogP contribution in [0.5, 0.6) is 0 Å². The smallest absolute Gasteiger partial charge is 0.327 e. The first-order valence-electron chi connectivity index (χ1n) is 7.41. The van der Waals surface area contributed by atoms with E-state index in [1.807, 2.05) is 13.8 Å². The first-order valence-corrected chi connectivity index (χ1v) is 8.17. The van der Waals surface area contributed by atoms with Gasteiger partial charge in [-0.3, -0.25) is 9.59 Å². The molecule has 4 atom stereocenters. The number of terminal acetylenes is 1. The molecular formula is C16H18Cl2N2O4. The summed E-state index contributed by atoms with van der Waals surface area (Å²) in [6.45, 7) is 5.30. The molecule has 1 aliphatic carbocycles. The standard InChI is InChI=1S/C16H18Cl2N2O4/c1-5-6-11(20-13(21)8(2)19-15(20)23)24-14(22)12-9(7-10(17)18)16(12,3)4/h1,7-9,11-12H,6H2,2-4H3,(H,19,23). The second-order valence-electron chi connectivity index (χ2n) is 6.46. The van der Waals surface area contributed by atoms with E-state index in [-0.39, 0.29) is 22.2 Å². The predicted octanol–water partition coefficient (Wildman–Crippen LogP) is 2.41. The number of rotatable bonds is 5. The predicted molar refractivity (Wildman–Crippen MR) is 88.7 cm³/mol. The van der Waals surface area contributed by atoms with Crippen molar-refractivity contribution in [3.05, 3.63) is 10.6 Å². The molecule has 0 spiro atoms. The number of amides is 3. The maximum absolute atomic E-state index is 12.5. The van der Waals surface area contributed by atoms with Crippen molar-refractivity contribution >= 4 is 41.1 Å². The molecule has 0 aromatic carbocycles. The van der Waals surface area contributed by atoms with Gasteiger partial charge in [0.05, 0.1) is 12.3 Å². The quantitative estimate of drug-likeness (QED) is 0.456. The van der Waals surface area contributed by atoms with E-state index in [9.17, 15) is 14.4 Å². The van der Waals surface area contributed by atoms with Crippen molar-refractivity contribution in [2.24, 2.45) is 17.3 Å². The van der Waals surface area contributed by atoms with Crippen molar-refractivity contribution in [2.45, 2.75) is 39.5 Å². The zero-order chi connectivity index (χ0) is 18.2. The summed E-state index contributed by atoms with van der Waals surface area (Å²) in [5, 5.41) is 2.46. The fourth-order valence-corrected chi connectivity index (χ4v) is 3.24. The second-order valence-corrected chi connectivity index (χ2v) is 7.47. The van der Waals surface area contributed by atoms with Gasteiger partial charge < -0.3 is 10.1 Å². The first-order chi connectivity index (χ1) is 11.1. The number of urea groups is 1. The molecule has 1 N–H and O–H groups in total. The number of esters is 1. The van der Waals surface area contributed by atoms with Crippen LogP contribution in [-0.4, -0.2) is 35.1 Å². The van der Waals surface area contributed by atoms with Gasteiger partial charge in [-0.15, -0.1) is 12.3 Å². The minimum Gasteiger partial charge on any atom is -0.440 e. The topological polar surface area (TPSA) is 75.7 Å². The third-order valence-electron chi connectivity index (χ3n) is 4.47. The molecule has 1 heterocycles. The Labute approximate surface area is 150 Å². The number of allylic oxidation sites excluding steroid dienone is 1. The largest absolute Gasteiger partial charge is 0.440 e. The van der Waals surface area contributed by atoms with Gasteiger partial charge in [-0.25, -0.2) is 9.69 Å². The van der Waals surface area contributed by atoms with Gasteiger partial charge in [0.25, 0.3) is 5.91 Å². The SMILES string of the molecule is C#CCC(OC(=O)C1C(C=C(Cl)Cl)C1(C)C)N1C(=O)NC(C)C1=O. The molecule has 2 rings (SSSR count). The minimum atomic E-state index is -1.13. The van der Waals surface area contributed by atoms with Crippen molar-refractivity contribution in [1.29, 1.82) is 0 Å². The Balaban J connectivity index is 2.13. The number of ether oxygens (including phenoxy) is 1. The number of halogens is 2. The van der Waals surface area contributed by atoms with E-state index in [1.165, 1.54) is 0 Å². The van der Waals surface area contributed by atoms with Gasteiger partial charge >= 0.3 is 12.0 Å². The second kappa shape index (κ2) is 6.66. The zero-order valence-electron chi connectivity index (χ0n) is 13.5. The summed E-state index contributed by atoms with van der Waals surface area (Å²) in [6, 6.07) is -1.31. The normalized spacial score (nSPS) is 28.7. The summed E-state index contributed by atoms with van der Waals surface area (Å²) in [5.41, 5.74) is -0.378. The van der Waals surface area contributed by atoms with Crippen molar-refractivity contribution in [2.75, 3.05) is 0 Å². The number of imide groups is 1. The first kappa shape index (κ1) is 18.6. The van der Waals surface area contributed by atoms with E-state index in [2.05, 4.69) is 11.2 Å². The molecule has 2 aliphatic rings. The summed E-state index contributed by atoms with van der Waals surface area (Å²) in [5.74, 6) is 0.650. The average Bonchev–Trinajstić information content (AvgIpc) is 2.87. The summed E-state index contributed by atoms with van der Waals surface area (Å²) in [4.78, 5) is 37.3. The van der Waals surface area contributed by atoms with Crippen molar-refractivity contribution in [3.63, 3.8) is 0 Å². The number of hydrogen-bond acceptors (Lipinski definition) is 4. The third-order valence-corrected chi connectivity index (χ3v) is 4.72. The van der Waals surface area contributed by atoms with E-state index in [0.717, 1.165) is 4.90 Å². The Morgan fingerprint density at radius 3 is 2.58 bits per heavy atom. The Bertz CT molecular complexity index is 649. The van der Waals surface area contributed by atoms with Gasteiger partial charge in [-0.2, -0.15) is 0 Å². The van der Waals surface area contributed by atoms with Crippen LogP contribution in [0.1, 0.15) is 27.2 Å². The molecule has 8 heteroatoms. The van der Waals surface area contributed by atoms with E-state index in [0.29, 0.717) is 0 Å². The Kier molecular flexibility index (Phi) is 5.17. The summed E-state index contributed by atoms with van der Waals surface area (Å²) >= 11 is 11.3. The fraction of sp³-hybridized carbons (Fsp3) is 0.562. The van der Waals surface area contributed by atoms with E-state index >= 15 is 0 Å². The van der Waals surface area contributed by atoms with Crippen LogP contribution in [0.3, 0.4) is 0 Å². The molecule has 1 saturated heterocycles. The molecule has 1 saturated carbocycles. The lowest BCUT2D eigenvalue weighted by atomic mass is 10.1. The zero-order valence-corrected chi connectivity index (χ0v) is 15.0. The monoisotopic (exact) mass is 372 g/mol. The van der Waals surface area contributed by atoms with Gasteiger partial charge in [0.2, 0.25) is 0 Å². The molecule has 3 amide bonds. The number of nitrogens with zero attached hydrogens (tertiary/aromatic N) is 1. The van der Waals surface area contributed by atoms with E-state index in [1.54, 1.807) is 13.0 Å². The lowest BCUT2D eigenvalue weighted by Gasteiger charge is -2.23. The van der Waals surface area contributed by atoms with Crippen LogP contribution in [0.25, 0.3) is 0 Å². The molecule has 24 heavy (non-hydrogen) atoms. The molecule has 2 fully saturated rings. The summed E-state index contributed by atoms with van der Waals surface area (Å²) in [7, 11) is 0.